The van der Waals surface area contributed by atoms with Crippen LogP contribution in [0.2, 0.25) is 0 Å². The monoisotopic (exact) mass is 484 g/mol. The van der Waals surface area contributed by atoms with E-state index in [9.17, 15) is 27.5 Å². The molecule has 3 heterocycles. The minimum Gasteiger partial charge on any atom is -0.374 e. The molecule has 1 aliphatic rings. The lowest BCUT2D eigenvalue weighted by Crippen LogP contribution is -2.45. The second-order valence-electron chi connectivity index (χ2n) is 7.98. The molecule has 11 heteroatoms. The average Bonchev–Trinajstić information content (AvgIpc) is 3.18. The topological polar surface area (TPSA) is 71.2 Å². The van der Waals surface area contributed by atoms with Crippen molar-refractivity contribution in [3.63, 3.8) is 0 Å². The maximum atomic E-state index is 13.3. The SMILES string of the molecule is C[C@H]1CN(C(=O)c2ccnc(-c3ccc(F)cc3)c2)Cc2cnc(C(C)(O)C(F)(F)F)n21.Cl. The van der Waals surface area contributed by atoms with Crippen molar-refractivity contribution in [2.75, 3.05) is 6.54 Å². The minimum absolute atomic E-state index is 0. The van der Waals surface area contributed by atoms with Crippen molar-refractivity contribution >= 4 is 18.3 Å². The van der Waals surface area contributed by atoms with Gasteiger partial charge in [0.1, 0.15) is 5.82 Å². The molecule has 2 atom stereocenters. The Labute approximate surface area is 193 Å². The van der Waals surface area contributed by atoms with Gasteiger partial charge in [-0.1, -0.05) is 0 Å². The number of nitrogens with zero attached hydrogens (tertiary/aromatic N) is 4. The average molecular weight is 485 g/mol. The Bertz CT molecular complexity index is 1160. The largest absolute Gasteiger partial charge is 0.424 e. The quantitative estimate of drug-likeness (QED) is 0.556. The van der Waals surface area contributed by atoms with Crippen molar-refractivity contribution in [3.05, 3.63) is 71.7 Å². The molecule has 1 amide bonds. The van der Waals surface area contributed by atoms with Crippen LogP contribution in [0.5, 0.6) is 0 Å². The van der Waals surface area contributed by atoms with Crippen LogP contribution in [0.15, 0.2) is 48.8 Å². The zero-order valence-corrected chi connectivity index (χ0v) is 18.5. The first kappa shape index (κ1) is 24.7. The van der Waals surface area contributed by atoms with Crippen LogP contribution in [0.3, 0.4) is 0 Å². The third-order valence-corrected chi connectivity index (χ3v) is 5.57. The molecule has 1 unspecified atom stereocenters. The molecule has 0 saturated heterocycles. The number of halogens is 5. The standard InChI is InChI=1S/C22H20F4N4O2.ClH/c1-13-11-29(12-17-10-28-20(30(13)17)21(2,32)22(24,25)26)19(31)15-7-8-27-18(9-15)14-3-5-16(23)6-4-14;/h3-10,13,32H,11-12H2,1-2H3;1H/t13-,21?;/m0./s1. The summed E-state index contributed by atoms with van der Waals surface area (Å²) in [5.74, 6) is -1.20. The van der Waals surface area contributed by atoms with E-state index in [4.69, 9.17) is 0 Å². The van der Waals surface area contributed by atoms with E-state index in [1.54, 1.807) is 31.2 Å². The molecular weight excluding hydrogens is 464 g/mol. The number of imidazole rings is 1. The highest BCUT2D eigenvalue weighted by Gasteiger charge is 2.55. The Morgan fingerprint density at radius 3 is 2.45 bits per heavy atom. The lowest BCUT2D eigenvalue weighted by atomic mass is 10.0. The Hall–Kier alpha value is -2.98. The third-order valence-electron chi connectivity index (χ3n) is 5.57. The number of benzene rings is 1. The van der Waals surface area contributed by atoms with Crippen LogP contribution >= 0.6 is 12.4 Å². The molecule has 2 aromatic heterocycles. The van der Waals surface area contributed by atoms with Crippen molar-refractivity contribution in [1.82, 2.24) is 19.4 Å². The molecule has 0 bridgehead atoms. The number of carbonyl (C=O) groups excluding carboxylic acids is 1. The number of aliphatic hydroxyl groups is 1. The molecule has 0 aliphatic carbocycles. The van der Waals surface area contributed by atoms with E-state index >= 15 is 0 Å². The summed E-state index contributed by atoms with van der Waals surface area (Å²) >= 11 is 0. The van der Waals surface area contributed by atoms with Crippen molar-refractivity contribution in [2.24, 2.45) is 0 Å². The summed E-state index contributed by atoms with van der Waals surface area (Å²) in [6.45, 7) is 2.51. The second-order valence-corrected chi connectivity index (χ2v) is 7.98. The van der Waals surface area contributed by atoms with Crippen molar-refractivity contribution in [1.29, 1.82) is 0 Å². The molecule has 1 aromatic carbocycles. The molecule has 0 radical (unpaired) electrons. The van der Waals surface area contributed by atoms with Crippen molar-refractivity contribution < 1.29 is 27.5 Å². The maximum absolute atomic E-state index is 13.3. The number of hydrogen-bond donors (Lipinski definition) is 1. The van der Waals surface area contributed by atoms with Crippen LogP contribution in [0.1, 0.15) is 41.8 Å². The molecular formula is C22H21ClF4N4O2. The number of amides is 1. The Balaban J connectivity index is 0.00000306. The van der Waals surface area contributed by atoms with Gasteiger partial charge >= 0.3 is 6.18 Å². The number of alkyl halides is 3. The zero-order valence-electron chi connectivity index (χ0n) is 17.7. The minimum atomic E-state index is -4.89. The Morgan fingerprint density at radius 1 is 1.15 bits per heavy atom. The summed E-state index contributed by atoms with van der Waals surface area (Å²) in [7, 11) is 0. The number of pyridine rings is 1. The summed E-state index contributed by atoms with van der Waals surface area (Å²) in [5, 5.41) is 10.1. The summed E-state index contributed by atoms with van der Waals surface area (Å²) in [5.41, 5.74) is -1.23. The number of aromatic nitrogens is 3. The molecule has 0 fully saturated rings. The number of hydrogen-bond acceptors (Lipinski definition) is 4. The van der Waals surface area contributed by atoms with Crippen LogP contribution in [0, 0.1) is 5.82 Å². The summed E-state index contributed by atoms with van der Waals surface area (Å²) in [6.07, 6.45) is -2.17. The van der Waals surface area contributed by atoms with Gasteiger partial charge in [-0.05, 0) is 50.2 Å². The van der Waals surface area contributed by atoms with Gasteiger partial charge in [-0.15, -0.1) is 12.4 Å². The Kier molecular flexibility index (Phi) is 6.54. The fraction of sp³-hybridized carbons (Fsp3) is 0.318. The van der Waals surface area contributed by atoms with Gasteiger partial charge in [0.25, 0.3) is 5.91 Å². The highest BCUT2D eigenvalue weighted by atomic mass is 35.5. The normalized spacial score (nSPS) is 17.7. The van der Waals surface area contributed by atoms with Gasteiger partial charge in [0, 0.05) is 23.9 Å². The van der Waals surface area contributed by atoms with Gasteiger partial charge in [0.05, 0.1) is 30.2 Å². The third kappa shape index (κ3) is 4.45. The van der Waals surface area contributed by atoms with Crippen molar-refractivity contribution in [3.8, 4) is 11.3 Å². The predicted octanol–water partition coefficient (Wildman–Crippen LogP) is 4.49. The zero-order chi connectivity index (χ0) is 23.3. The van der Waals surface area contributed by atoms with Gasteiger partial charge in [-0.25, -0.2) is 9.37 Å². The number of carbonyl (C=O) groups is 1. The van der Waals surface area contributed by atoms with E-state index < -0.39 is 23.6 Å². The number of rotatable bonds is 3. The lowest BCUT2D eigenvalue weighted by molar-refractivity contribution is -0.263. The molecule has 4 rings (SSSR count). The van der Waals surface area contributed by atoms with Gasteiger partial charge < -0.3 is 14.6 Å². The van der Waals surface area contributed by atoms with E-state index in [0.29, 0.717) is 29.4 Å². The first-order chi connectivity index (χ1) is 15.0. The highest BCUT2D eigenvalue weighted by molar-refractivity contribution is 5.95. The molecule has 1 N–H and O–H groups in total. The number of fused-ring (bicyclic) bond motifs is 1. The van der Waals surface area contributed by atoms with Gasteiger partial charge in [-0.3, -0.25) is 9.78 Å². The van der Waals surface area contributed by atoms with Gasteiger partial charge in [-0.2, -0.15) is 13.2 Å². The highest BCUT2D eigenvalue weighted by Crippen LogP contribution is 2.40. The van der Waals surface area contributed by atoms with E-state index in [0.717, 1.165) is 0 Å². The maximum Gasteiger partial charge on any atom is 0.424 e. The molecule has 1 aliphatic heterocycles. The van der Waals surface area contributed by atoms with E-state index in [1.807, 2.05) is 0 Å². The molecule has 6 nitrogen and oxygen atoms in total. The van der Waals surface area contributed by atoms with Crippen LogP contribution in [0.4, 0.5) is 17.6 Å². The van der Waals surface area contributed by atoms with Gasteiger partial charge in [0.15, 0.2) is 5.82 Å². The molecule has 0 saturated carbocycles. The summed E-state index contributed by atoms with van der Waals surface area (Å²) in [4.78, 5) is 22.7. The molecule has 3 aromatic rings. The lowest BCUT2D eigenvalue weighted by Gasteiger charge is -2.36. The fourth-order valence-corrected chi connectivity index (χ4v) is 3.83. The van der Waals surface area contributed by atoms with Gasteiger partial charge in [0.2, 0.25) is 5.60 Å². The predicted molar refractivity (Wildman–Crippen MR) is 114 cm³/mol. The summed E-state index contributed by atoms with van der Waals surface area (Å²) in [6, 6.07) is 8.31. The smallest absolute Gasteiger partial charge is 0.374 e. The van der Waals surface area contributed by atoms with Crippen LogP contribution in [-0.4, -0.2) is 43.2 Å². The van der Waals surface area contributed by atoms with E-state index in [2.05, 4.69) is 9.97 Å². The second kappa shape index (κ2) is 8.75. The van der Waals surface area contributed by atoms with Crippen LogP contribution in [0.25, 0.3) is 11.3 Å². The molecule has 0 spiro atoms. The van der Waals surface area contributed by atoms with E-state index in [1.165, 1.54) is 34.0 Å². The van der Waals surface area contributed by atoms with Crippen LogP contribution < -0.4 is 0 Å². The molecule has 33 heavy (non-hydrogen) atoms. The Morgan fingerprint density at radius 2 is 1.82 bits per heavy atom. The van der Waals surface area contributed by atoms with E-state index in [-0.39, 0.29) is 37.2 Å². The first-order valence-corrected chi connectivity index (χ1v) is 9.86. The fourth-order valence-electron chi connectivity index (χ4n) is 3.83. The van der Waals surface area contributed by atoms with Crippen molar-refractivity contribution in [2.45, 2.75) is 38.2 Å². The molecule has 176 valence electrons. The van der Waals surface area contributed by atoms with Crippen LogP contribution in [-0.2, 0) is 12.1 Å². The summed E-state index contributed by atoms with van der Waals surface area (Å²) < 4.78 is 54.5. The first-order valence-electron chi connectivity index (χ1n) is 9.86.